The number of pyridine rings is 1. The van der Waals surface area contributed by atoms with Gasteiger partial charge in [0, 0.05) is 17.8 Å². The minimum absolute atomic E-state index is 0.0604. The first-order valence-corrected chi connectivity index (χ1v) is 9.94. The van der Waals surface area contributed by atoms with E-state index < -0.39 is 0 Å². The molecule has 0 spiro atoms. The van der Waals surface area contributed by atoms with E-state index in [1.54, 1.807) is 30.3 Å². The first-order chi connectivity index (χ1) is 13.4. The molecule has 0 bridgehead atoms. The number of nitrogens with zero attached hydrogens (tertiary/aromatic N) is 2. The lowest BCUT2D eigenvalue weighted by Gasteiger charge is -2.30. The molecule has 2 aromatic rings. The highest BCUT2D eigenvalue weighted by Crippen LogP contribution is 2.25. The van der Waals surface area contributed by atoms with Crippen LogP contribution in [0.3, 0.4) is 0 Å². The van der Waals surface area contributed by atoms with Gasteiger partial charge in [-0.05, 0) is 56.3 Å². The van der Waals surface area contributed by atoms with Gasteiger partial charge in [-0.1, -0.05) is 34.8 Å². The van der Waals surface area contributed by atoms with Gasteiger partial charge in [0.05, 0.1) is 21.6 Å². The molecule has 1 aliphatic heterocycles. The minimum Gasteiger partial charge on any atom is -0.325 e. The highest BCUT2D eigenvalue weighted by atomic mass is 35.5. The minimum atomic E-state index is -0.133. The van der Waals surface area contributed by atoms with E-state index >= 15 is 0 Å². The summed E-state index contributed by atoms with van der Waals surface area (Å²) in [5, 5.41) is 6.96. The number of nitrogens with one attached hydrogen (secondary N) is 2. The van der Waals surface area contributed by atoms with Gasteiger partial charge < -0.3 is 10.6 Å². The van der Waals surface area contributed by atoms with E-state index in [-0.39, 0.29) is 24.3 Å². The Morgan fingerprint density at radius 2 is 1.79 bits per heavy atom. The second kappa shape index (κ2) is 9.56. The quantitative estimate of drug-likeness (QED) is 0.724. The Morgan fingerprint density at radius 3 is 2.43 bits per heavy atom. The SMILES string of the molecule is O=C(CN1CCC(C(=O)Nc2ccc(Cl)cn2)CC1)Nc1ccc(Cl)c(Cl)c1. The van der Waals surface area contributed by atoms with Crippen LogP contribution in [0.5, 0.6) is 0 Å². The molecule has 0 aliphatic carbocycles. The lowest BCUT2D eigenvalue weighted by molar-refractivity contribution is -0.121. The summed E-state index contributed by atoms with van der Waals surface area (Å²) in [6, 6.07) is 8.30. The van der Waals surface area contributed by atoms with E-state index in [1.807, 2.05) is 4.90 Å². The number of carbonyl (C=O) groups excluding carboxylic acids is 2. The van der Waals surface area contributed by atoms with Crippen molar-refractivity contribution in [3.63, 3.8) is 0 Å². The van der Waals surface area contributed by atoms with E-state index in [9.17, 15) is 9.59 Å². The standard InChI is InChI=1S/C19H19Cl3N4O2/c20-13-1-4-17(23-10-13)25-19(28)12-5-7-26(8-6-12)11-18(27)24-14-2-3-15(21)16(22)9-14/h1-4,9-10,12H,5-8,11H2,(H,24,27)(H,23,25,28). The summed E-state index contributed by atoms with van der Waals surface area (Å²) in [5.74, 6) is 0.186. The lowest BCUT2D eigenvalue weighted by Crippen LogP contribution is -2.41. The Balaban J connectivity index is 1.44. The second-order valence-electron chi connectivity index (χ2n) is 6.58. The summed E-state index contributed by atoms with van der Waals surface area (Å²) in [6.07, 6.45) is 2.85. The summed E-state index contributed by atoms with van der Waals surface area (Å²) >= 11 is 17.6. The van der Waals surface area contributed by atoms with Crippen molar-refractivity contribution in [2.24, 2.45) is 5.92 Å². The molecule has 6 nitrogen and oxygen atoms in total. The van der Waals surface area contributed by atoms with Crippen molar-refractivity contribution in [2.75, 3.05) is 30.3 Å². The van der Waals surface area contributed by atoms with Crippen LogP contribution in [-0.2, 0) is 9.59 Å². The molecule has 1 aliphatic rings. The Bertz CT molecular complexity index is 853. The molecule has 3 rings (SSSR count). The highest BCUT2D eigenvalue weighted by Gasteiger charge is 2.26. The fourth-order valence-electron chi connectivity index (χ4n) is 3.01. The maximum absolute atomic E-state index is 12.4. The topological polar surface area (TPSA) is 74.3 Å². The maximum Gasteiger partial charge on any atom is 0.238 e. The van der Waals surface area contributed by atoms with Crippen LogP contribution in [-0.4, -0.2) is 41.3 Å². The monoisotopic (exact) mass is 440 g/mol. The summed E-state index contributed by atoms with van der Waals surface area (Å²) < 4.78 is 0. The number of benzene rings is 1. The van der Waals surface area contributed by atoms with Gasteiger partial charge in [-0.25, -0.2) is 4.98 Å². The van der Waals surface area contributed by atoms with Gasteiger partial charge in [-0.3, -0.25) is 14.5 Å². The van der Waals surface area contributed by atoms with E-state index in [0.29, 0.717) is 52.5 Å². The molecule has 0 unspecified atom stereocenters. The Hall–Kier alpha value is -1.86. The van der Waals surface area contributed by atoms with Gasteiger partial charge in [0.25, 0.3) is 0 Å². The molecule has 1 fully saturated rings. The molecular formula is C19H19Cl3N4O2. The summed E-state index contributed by atoms with van der Waals surface area (Å²) in [5.41, 5.74) is 0.601. The fraction of sp³-hybridized carbons (Fsp3) is 0.316. The first-order valence-electron chi connectivity index (χ1n) is 8.80. The molecule has 0 radical (unpaired) electrons. The second-order valence-corrected chi connectivity index (χ2v) is 7.83. The molecule has 1 aromatic heterocycles. The van der Waals surface area contributed by atoms with E-state index in [0.717, 1.165) is 0 Å². The Morgan fingerprint density at radius 1 is 1.04 bits per heavy atom. The number of halogens is 3. The van der Waals surface area contributed by atoms with Crippen molar-refractivity contribution in [1.82, 2.24) is 9.88 Å². The molecule has 9 heteroatoms. The third-order valence-electron chi connectivity index (χ3n) is 4.51. The van der Waals surface area contributed by atoms with Crippen LogP contribution in [0.2, 0.25) is 15.1 Å². The van der Waals surface area contributed by atoms with Gasteiger partial charge in [0.1, 0.15) is 5.82 Å². The number of hydrogen-bond donors (Lipinski definition) is 2. The number of hydrogen-bond acceptors (Lipinski definition) is 4. The van der Waals surface area contributed by atoms with E-state index in [1.165, 1.54) is 6.20 Å². The Kier molecular flexibility index (Phi) is 7.13. The predicted molar refractivity (Wildman–Crippen MR) is 112 cm³/mol. The van der Waals surface area contributed by atoms with Crippen LogP contribution < -0.4 is 10.6 Å². The Labute approximate surface area is 178 Å². The third-order valence-corrected chi connectivity index (χ3v) is 5.47. The average Bonchev–Trinajstić information content (AvgIpc) is 2.67. The molecule has 2 heterocycles. The van der Waals surface area contributed by atoms with Crippen LogP contribution >= 0.6 is 34.8 Å². The van der Waals surface area contributed by atoms with Crippen molar-refractivity contribution in [1.29, 1.82) is 0 Å². The number of likely N-dealkylation sites (tertiary alicyclic amines) is 1. The van der Waals surface area contributed by atoms with Crippen LogP contribution in [0.15, 0.2) is 36.5 Å². The number of amides is 2. The van der Waals surface area contributed by atoms with Gasteiger partial charge in [0.2, 0.25) is 11.8 Å². The van der Waals surface area contributed by atoms with Gasteiger partial charge in [-0.15, -0.1) is 0 Å². The number of rotatable bonds is 5. The van der Waals surface area contributed by atoms with Crippen molar-refractivity contribution < 1.29 is 9.59 Å². The lowest BCUT2D eigenvalue weighted by atomic mass is 9.96. The van der Waals surface area contributed by atoms with E-state index in [4.69, 9.17) is 34.8 Å². The molecule has 1 saturated heterocycles. The largest absolute Gasteiger partial charge is 0.325 e. The zero-order valence-corrected chi connectivity index (χ0v) is 17.2. The molecule has 148 valence electrons. The number of piperidine rings is 1. The number of aromatic nitrogens is 1. The predicted octanol–water partition coefficient (Wildman–Crippen LogP) is 4.33. The maximum atomic E-state index is 12.4. The zero-order valence-electron chi connectivity index (χ0n) is 14.9. The molecule has 2 N–H and O–H groups in total. The molecule has 0 saturated carbocycles. The van der Waals surface area contributed by atoms with Gasteiger partial charge in [-0.2, -0.15) is 0 Å². The average molecular weight is 442 g/mol. The summed E-state index contributed by atoms with van der Waals surface area (Å²) in [4.78, 5) is 30.7. The molecule has 28 heavy (non-hydrogen) atoms. The van der Waals surface area contributed by atoms with Crippen molar-refractivity contribution in [2.45, 2.75) is 12.8 Å². The zero-order chi connectivity index (χ0) is 20.1. The number of carbonyl (C=O) groups is 2. The number of anilines is 2. The van der Waals surface area contributed by atoms with Gasteiger partial charge >= 0.3 is 0 Å². The van der Waals surface area contributed by atoms with Crippen molar-refractivity contribution in [3.8, 4) is 0 Å². The van der Waals surface area contributed by atoms with Gasteiger partial charge in [0.15, 0.2) is 0 Å². The normalized spacial score (nSPS) is 15.2. The molecule has 1 aromatic carbocycles. The summed E-state index contributed by atoms with van der Waals surface area (Å²) in [6.45, 7) is 1.59. The molecule has 2 amide bonds. The van der Waals surface area contributed by atoms with Crippen molar-refractivity contribution in [3.05, 3.63) is 51.6 Å². The van der Waals surface area contributed by atoms with Crippen LogP contribution in [0.1, 0.15) is 12.8 Å². The smallest absolute Gasteiger partial charge is 0.238 e. The van der Waals surface area contributed by atoms with Crippen LogP contribution in [0.4, 0.5) is 11.5 Å². The highest BCUT2D eigenvalue weighted by molar-refractivity contribution is 6.42. The third kappa shape index (κ3) is 5.82. The van der Waals surface area contributed by atoms with Crippen LogP contribution in [0.25, 0.3) is 0 Å². The van der Waals surface area contributed by atoms with E-state index in [2.05, 4.69) is 15.6 Å². The fourth-order valence-corrected chi connectivity index (χ4v) is 3.42. The van der Waals surface area contributed by atoms with Crippen molar-refractivity contribution >= 4 is 58.1 Å². The van der Waals surface area contributed by atoms with Crippen LogP contribution in [0, 0.1) is 5.92 Å². The first kappa shape index (κ1) is 20.9. The summed E-state index contributed by atoms with van der Waals surface area (Å²) in [7, 11) is 0. The molecule has 0 atom stereocenters. The molecular weight excluding hydrogens is 423 g/mol.